The van der Waals surface area contributed by atoms with Crippen molar-refractivity contribution in [1.82, 2.24) is 9.97 Å². The van der Waals surface area contributed by atoms with Gasteiger partial charge in [-0.3, -0.25) is 0 Å². The predicted octanol–water partition coefficient (Wildman–Crippen LogP) is 4.35. The van der Waals surface area contributed by atoms with Crippen LogP contribution in [0.25, 0.3) is 11.3 Å². The smallest absolute Gasteiger partial charge is 0.238 e. The number of nitriles is 1. The molecular weight excluding hydrogens is 461 g/mol. The van der Waals surface area contributed by atoms with Gasteiger partial charge in [0, 0.05) is 17.9 Å². The normalized spacial score (nSPS) is 11.2. The Morgan fingerprint density at radius 3 is 2.42 bits per heavy atom. The van der Waals surface area contributed by atoms with Crippen LogP contribution in [-0.4, -0.2) is 30.7 Å². The zero-order chi connectivity index (χ0) is 23.8. The van der Waals surface area contributed by atoms with E-state index >= 15 is 0 Å². The average molecular weight is 486 g/mol. The number of nitrogens with zero attached hydrogens (tertiary/aromatic N) is 3. The Morgan fingerprint density at radius 1 is 1.12 bits per heavy atom. The summed E-state index contributed by atoms with van der Waals surface area (Å²) in [6.45, 7) is 2.56. The van der Waals surface area contributed by atoms with Gasteiger partial charge in [-0.2, -0.15) is 5.26 Å². The van der Waals surface area contributed by atoms with Crippen LogP contribution in [0.5, 0.6) is 0 Å². The molecule has 0 aliphatic heterocycles. The number of anilines is 1. The average Bonchev–Trinajstić information content (AvgIpc) is 2.79. The molecule has 3 aromatic rings. The zero-order valence-electron chi connectivity index (χ0n) is 18.1. The first-order valence-electron chi connectivity index (χ1n) is 10.4. The zero-order valence-corrected chi connectivity index (χ0v) is 19.7. The van der Waals surface area contributed by atoms with E-state index in [1.165, 1.54) is 36.0 Å². The summed E-state index contributed by atoms with van der Waals surface area (Å²) in [7, 11) is -3.73. The van der Waals surface area contributed by atoms with Crippen LogP contribution in [0.1, 0.15) is 30.9 Å². The van der Waals surface area contributed by atoms with Gasteiger partial charge in [0.2, 0.25) is 10.0 Å². The van der Waals surface area contributed by atoms with E-state index in [2.05, 4.69) is 28.3 Å². The second-order valence-corrected chi connectivity index (χ2v) is 9.89. The number of unbranched alkanes of at least 4 members (excludes halogenated alkanes) is 1. The highest BCUT2D eigenvalue weighted by atomic mass is 32.2. The molecule has 3 N–H and O–H groups in total. The first kappa shape index (κ1) is 24.6. The van der Waals surface area contributed by atoms with Crippen LogP contribution in [0, 0.1) is 17.1 Å². The van der Waals surface area contributed by atoms with Gasteiger partial charge in [0.1, 0.15) is 23.3 Å². The van der Waals surface area contributed by atoms with Crippen molar-refractivity contribution in [3.8, 4) is 17.3 Å². The third-order valence-electron chi connectivity index (χ3n) is 4.81. The highest BCUT2D eigenvalue weighted by Gasteiger charge is 2.16. The Morgan fingerprint density at radius 2 is 1.82 bits per heavy atom. The van der Waals surface area contributed by atoms with E-state index in [9.17, 15) is 18.1 Å². The number of nitrogens with one attached hydrogen (secondary N) is 1. The molecule has 0 aliphatic carbocycles. The van der Waals surface area contributed by atoms with E-state index < -0.39 is 10.0 Å². The van der Waals surface area contributed by atoms with Crippen molar-refractivity contribution in [3.63, 3.8) is 0 Å². The van der Waals surface area contributed by atoms with Crippen LogP contribution >= 0.6 is 11.8 Å². The molecule has 0 unspecified atom stereocenters. The maximum Gasteiger partial charge on any atom is 0.238 e. The Bertz CT molecular complexity index is 1240. The summed E-state index contributed by atoms with van der Waals surface area (Å²) in [6.07, 6.45) is 2.63. The first-order chi connectivity index (χ1) is 15.8. The molecule has 0 radical (unpaired) electrons. The van der Waals surface area contributed by atoms with E-state index in [0.717, 1.165) is 24.2 Å². The van der Waals surface area contributed by atoms with Crippen LogP contribution in [0.4, 0.5) is 10.2 Å². The summed E-state index contributed by atoms with van der Waals surface area (Å²) >= 11 is 1.51. The fraction of sp³-hybridized carbons (Fsp3) is 0.261. The third kappa shape index (κ3) is 6.74. The van der Waals surface area contributed by atoms with E-state index in [-0.39, 0.29) is 16.3 Å². The lowest BCUT2D eigenvalue weighted by Crippen LogP contribution is -2.12. The van der Waals surface area contributed by atoms with Crippen molar-refractivity contribution in [1.29, 1.82) is 5.26 Å². The summed E-state index contributed by atoms with van der Waals surface area (Å²) in [6, 6.07) is 14.3. The number of primary sulfonamides is 1. The molecule has 33 heavy (non-hydrogen) atoms. The third-order valence-corrected chi connectivity index (χ3v) is 6.67. The maximum atomic E-state index is 13.4. The molecule has 3 rings (SSSR count). The van der Waals surface area contributed by atoms with Gasteiger partial charge in [0.05, 0.1) is 10.6 Å². The fourth-order valence-corrected chi connectivity index (χ4v) is 4.48. The minimum Gasteiger partial charge on any atom is -0.368 e. The van der Waals surface area contributed by atoms with Crippen molar-refractivity contribution in [2.24, 2.45) is 5.14 Å². The van der Waals surface area contributed by atoms with Gasteiger partial charge in [-0.1, -0.05) is 37.2 Å². The molecule has 0 saturated carbocycles. The Balaban J connectivity index is 1.84. The fourth-order valence-electron chi connectivity index (χ4n) is 3.03. The summed E-state index contributed by atoms with van der Waals surface area (Å²) in [5.74, 6) is 0.892. The van der Waals surface area contributed by atoms with Crippen molar-refractivity contribution in [3.05, 3.63) is 65.5 Å². The molecule has 2 aromatic carbocycles. The van der Waals surface area contributed by atoms with Gasteiger partial charge < -0.3 is 5.32 Å². The van der Waals surface area contributed by atoms with Crippen LogP contribution in [0.3, 0.4) is 0 Å². The van der Waals surface area contributed by atoms with E-state index in [4.69, 9.17) is 5.14 Å². The molecule has 1 aromatic heterocycles. The van der Waals surface area contributed by atoms with Gasteiger partial charge >= 0.3 is 0 Å². The number of thioether (sulfide) groups is 1. The first-order valence-corrected chi connectivity index (χ1v) is 12.9. The van der Waals surface area contributed by atoms with Gasteiger partial charge in [0.25, 0.3) is 0 Å². The molecule has 7 nitrogen and oxygen atoms in total. The number of rotatable bonds is 10. The van der Waals surface area contributed by atoms with E-state index in [1.807, 2.05) is 0 Å². The number of hydrogen-bond acceptors (Lipinski definition) is 7. The summed E-state index contributed by atoms with van der Waals surface area (Å²) in [5, 5.41) is 18.7. The lowest BCUT2D eigenvalue weighted by molar-refractivity contribution is 0.597. The van der Waals surface area contributed by atoms with E-state index in [1.54, 1.807) is 24.3 Å². The van der Waals surface area contributed by atoms with Gasteiger partial charge in [-0.15, -0.1) is 0 Å². The van der Waals surface area contributed by atoms with Gasteiger partial charge in [-0.25, -0.2) is 27.9 Å². The van der Waals surface area contributed by atoms with Crippen molar-refractivity contribution >= 4 is 27.6 Å². The molecule has 10 heteroatoms. The van der Waals surface area contributed by atoms with Gasteiger partial charge in [-0.05, 0) is 54.8 Å². The number of aromatic nitrogens is 2. The number of sulfonamides is 1. The van der Waals surface area contributed by atoms with Crippen LogP contribution in [0.15, 0.2) is 58.6 Å². The molecule has 0 saturated heterocycles. The molecule has 0 aliphatic rings. The minimum absolute atomic E-state index is 0.0551. The molecule has 0 atom stereocenters. The van der Waals surface area contributed by atoms with Crippen LogP contribution in [-0.2, 0) is 16.4 Å². The summed E-state index contributed by atoms with van der Waals surface area (Å²) in [4.78, 5) is 9.17. The van der Waals surface area contributed by atoms with Crippen molar-refractivity contribution in [2.75, 3.05) is 17.6 Å². The van der Waals surface area contributed by atoms with Crippen LogP contribution in [0.2, 0.25) is 0 Å². The quantitative estimate of drug-likeness (QED) is 0.249. The highest BCUT2D eigenvalue weighted by Crippen LogP contribution is 2.29. The van der Waals surface area contributed by atoms with Gasteiger partial charge in [0.15, 0.2) is 5.16 Å². The Kier molecular flexibility index (Phi) is 8.38. The largest absolute Gasteiger partial charge is 0.368 e. The Hall–Kier alpha value is -3.00. The Labute approximate surface area is 197 Å². The molecule has 172 valence electrons. The molecular formula is C23H24FN5O2S2. The lowest BCUT2D eigenvalue weighted by Gasteiger charge is -2.13. The van der Waals surface area contributed by atoms with E-state index in [0.29, 0.717) is 35.2 Å². The van der Waals surface area contributed by atoms with Crippen molar-refractivity contribution in [2.45, 2.75) is 36.2 Å². The maximum absolute atomic E-state index is 13.4. The molecule has 1 heterocycles. The minimum atomic E-state index is -3.73. The monoisotopic (exact) mass is 485 g/mol. The number of nitrogens with two attached hydrogens (primary N) is 1. The van der Waals surface area contributed by atoms with Crippen LogP contribution < -0.4 is 10.5 Å². The second-order valence-electron chi connectivity index (χ2n) is 7.26. The SMILES string of the molecule is CCCCSc1nc(NCCc2ccc(S(N)(=O)=O)cc2)c(C#N)c(-c2ccc(F)cc2)n1. The molecule has 0 bridgehead atoms. The molecule has 0 fully saturated rings. The summed E-state index contributed by atoms with van der Waals surface area (Å²) < 4.78 is 36.2. The standard InChI is InChI=1S/C23H24FN5O2S2/c1-2-3-14-32-23-28-21(17-6-8-18(24)9-7-17)20(15-25)22(29-23)27-13-12-16-4-10-19(11-5-16)33(26,30)31/h4-11H,2-3,12-14H2,1H3,(H2,26,30,31)(H,27,28,29). The number of benzene rings is 2. The number of hydrogen-bond donors (Lipinski definition) is 2. The second kappa shape index (κ2) is 11.2. The number of halogens is 1. The molecule has 0 amide bonds. The molecule has 0 spiro atoms. The highest BCUT2D eigenvalue weighted by molar-refractivity contribution is 7.99. The summed E-state index contributed by atoms with van der Waals surface area (Å²) in [5.41, 5.74) is 2.27. The lowest BCUT2D eigenvalue weighted by atomic mass is 10.1. The topological polar surface area (TPSA) is 122 Å². The van der Waals surface area contributed by atoms with Crippen molar-refractivity contribution < 1.29 is 12.8 Å². The predicted molar refractivity (Wildman–Crippen MR) is 128 cm³/mol.